The maximum absolute atomic E-state index is 11.9. The summed E-state index contributed by atoms with van der Waals surface area (Å²) in [7, 11) is 1.57. The molecule has 24 heavy (non-hydrogen) atoms. The van der Waals surface area contributed by atoms with E-state index in [2.05, 4.69) is 0 Å². The van der Waals surface area contributed by atoms with Crippen molar-refractivity contribution in [2.24, 2.45) is 0 Å². The molecule has 0 saturated carbocycles. The van der Waals surface area contributed by atoms with Crippen molar-refractivity contribution in [2.75, 3.05) is 7.11 Å². The second-order valence-corrected chi connectivity index (χ2v) is 5.34. The van der Waals surface area contributed by atoms with E-state index in [9.17, 15) is 14.9 Å². The number of nitro groups is 1. The van der Waals surface area contributed by atoms with Crippen LogP contribution in [0.1, 0.15) is 25.3 Å². The molecule has 0 bridgehead atoms. The minimum Gasteiger partial charge on any atom is -0.497 e. The van der Waals surface area contributed by atoms with Crippen LogP contribution >= 0.6 is 0 Å². The minimum absolute atomic E-state index is 0.0287. The Morgan fingerprint density at radius 2 is 1.67 bits per heavy atom. The molecule has 0 radical (unpaired) electrons. The lowest BCUT2D eigenvalue weighted by atomic mass is 9.90. The van der Waals surface area contributed by atoms with Crippen LogP contribution in [0.25, 0.3) is 0 Å². The molecular weight excluding hydrogens is 310 g/mol. The van der Waals surface area contributed by atoms with Gasteiger partial charge in [-0.05, 0) is 30.7 Å². The maximum Gasteiger partial charge on any atom is 0.269 e. The highest BCUT2D eigenvalue weighted by atomic mass is 16.6. The standard InChI is InChI=1S/C18H19NO5/c1-3-12-18(13-20,14-4-8-16(23-2)9-5-14)24-17-10-6-15(7-11-17)19(21)22/h4-11,13H,3,12H2,1-2H3/t18-/m0/s1. The number of hydrogen-bond donors (Lipinski definition) is 0. The first kappa shape index (κ1) is 17.5. The van der Waals surface area contributed by atoms with Crippen molar-refractivity contribution in [2.45, 2.75) is 25.4 Å². The van der Waals surface area contributed by atoms with Gasteiger partial charge in [-0.3, -0.25) is 14.9 Å². The second kappa shape index (κ2) is 7.59. The molecule has 0 aliphatic rings. The molecule has 0 aliphatic carbocycles. The predicted molar refractivity (Wildman–Crippen MR) is 89.4 cm³/mol. The van der Waals surface area contributed by atoms with Crippen LogP contribution < -0.4 is 9.47 Å². The van der Waals surface area contributed by atoms with E-state index in [-0.39, 0.29) is 5.69 Å². The highest BCUT2D eigenvalue weighted by Crippen LogP contribution is 2.33. The summed E-state index contributed by atoms with van der Waals surface area (Å²) in [6, 6.07) is 12.8. The molecule has 6 nitrogen and oxygen atoms in total. The molecule has 2 aromatic carbocycles. The molecule has 0 heterocycles. The topological polar surface area (TPSA) is 78.7 Å². The van der Waals surface area contributed by atoms with Crippen molar-refractivity contribution >= 4 is 12.0 Å². The van der Waals surface area contributed by atoms with E-state index >= 15 is 0 Å². The monoisotopic (exact) mass is 329 g/mol. The third kappa shape index (κ3) is 3.71. The normalized spacial score (nSPS) is 12.9. The minimum atomic E-state index is -1.14. The van der Waals surface area contributed by atoms with Crippen molar-refractivity contribution in [3.05, 3.63) is 64.2 Å². The lowest BCUT2D eigenvalue weighted by molar-refractivity contribution is -0.384. The summed E-state index contributed by atoms with van der Waals surface area (Å²) >= 11 is 0. The number of ether oxygens (including phenoxy) is 2. The molecule has 2 rings (SSSR count). The van der Waals surface area contributed by atoms with Crippen molar-refractivity contribution in [1.29, 1.82) is 0 Å². The van der Waals surface area contributed by atoms with Crippen molar-refractivity contribution in [3.8, 4) is 11.5 Å². The summed E-state index contributed by atoms with van der Waals surface area (Å²) < 4.78 is 11.1. The molecule has 0 aliphatic heterocycles. The third-order valence-electron chi connectivity index (χ3n) is 3.74. The molecule has 0 aromatic heterocycles. The van der Waals surface area contributed by atoms with E-state index in [1.807, 2.05) is 6.92 Å². The molecule has 0 N–H and O–H groups in total. The maximum atomic E-state index is 11.9. The van der Waals surface area contributed by atoms with E-state index in [0.717, 1.165) is 12.7 Å². The fourth-order valence-corrected chi connectivity index (χ4v) is 2.50. The Morgan fingerprint density at radius 3 is 2.12 bits per heavy atom. The predicted octanol–water partition coefficient (Wildman–Crippen LogP) is 3.88. The number of methoxy groups -OCH3 is 1. The molecule has 2 aromatic rings. The Morgan fingerprint density at radius 1 is 1.08 bits per heavy atom. The van der Waals surface area contributed by atoms with Gasteiger partial charge in [0.05, 0.1) is 12.0 Å². The van der Waals surface area contributed by atoms with Crippen LogP contribution in [0.2, 0.25) is 0 Å². The Bertz CT molecular complexity index is 696. The van der Waals surface area contributed by atoms with Crippen LogP contribution in [-0.4, -0.2) is 18.3 Å². The molecule has 0 amide bonds. The zero-order valence-corrected chi connectivity index (χ0v) is 13.6. The van der Waals surface area contributed by atoms with Crippen LogP contribution in [0, 0.1) is 10.1 Å². The Labute approximate surface area is 140 Å². The van der Waals surface area contributed by atoms with Gasteiger partial charge in [-0.2, -0.15) is 0 Å². The molecule has 126 valence electrons. The molecular formula is C18H19NO5. The number of aldehydes is 1. The number of nitrogens with zero attached hydrogens (tertiary/aromatic N) is 1. The van der Waals surface area contributed by atoms with E-state index < -0.39 is 10.5 Å². The summed E-state index contributed by atoms with van der Waals surface area (Å²) in [5, 5.41) is 10.7. The van der Waals surface area contributed by atoms with E-state index in [1.54, 1.807) is 31.4 Å². The fourth-order valence-electron chi connectivity index (χ4n) is 2.50. The average Bonchev–Trinajstić information content (AvgIpc) is 2.61. The number of carbonyl (C=O) groups excluding carboxylic acids is 1. The van der Waals surface area contributed by atoms with Crippen molar-refractivity contribution < 1.29 is 19.2 Å². The lowest BCUT2D eigenvalue weighted by Crippen LogP contribution is -2.35. The van der Waals surface area contributed by atoms with Gasteiger partial charge in [0.25, 0.3) is 5.69 Å². The number of rotatable bonds is 8. The number of non-ortho nitro benzene ring substituents is 1. The van der Waals surface area contributed by atoms with Gasteiger partial charge in [0, 0.05) is 17.7 Å². The summed E-state index contributed by atoms with van der Waals surface area (Å²) in [5.41, 5.74) is -0.463. The fraction of sp³-hybridized carbons (Fsp3) is 0.278. The summed E-state index contributed by atoms with van der Waals surface area (Å²) in [4.78, 5) is 22.1. The van der Waals surface area contributed by atoms with Crippen LogP contribution in [0.4, 0.5) is 5.69 Å². The number of hydrogen-bond acceptors (Lipinski definition) is 5. The highest BCUT2D eigenvalue weighted by molar-refractivity contribution is 5.67. The summed E-state index contributed by atoms with van der Waals surface area (Å²) in [6.07, 6.45) is 2.00. The third-order valence-corrected chi connectivity index (χ3v) is 3.74. The first-order valence-electron chi connectivity index (χ1n) is 7.59. The largest absolute Gasteiger partial charge is 0.497 e. The Hall–Kier alpha value is -2.89. The summed E-state index contributed by atoms with van der Waals surface area (Å²) in [5.74, 6) is 1.09. The highest BCUT2D eigenvalue weighted by Gasteiger charge is 2.33. The van der Waals surface area contributed by atoms with Gasteiger partial charge in [0.1, 0.15) is 11.5 Å². The van der Waals surface area contributed by atoms with E-state index in [1.165, 1.54) is 24.3 Å². The van der Waals surface area contributed by atoms with E-state index in [0.29, 0.717) is 23.5 Å². The molecule has 0 spiro atoms. The van der Waals surface area contributed by atoms with Crippen LogP contribution in [-0.2, 0) is 10.4 Å². The molecule has 0 fully saturated rings. The zero-order chi connectivity index (χ0) is 17.6. The smallest absolute Gasteiger partial charge is 0.269 e. The van der Waals surface area contributed by atoms with Crippen LogP contribution in [0.15, 0.2) is 48.5 Å². The molecule has 1 atom stereocenters. The van der Waals surface area contributed by atoms with Crippen LogP contribution in [0.5, 0.6) is 11.5 Å². The van der Waals surface area contributed by atoms with Gasteiger partial charge in [0.15, 0.2) is 11.9 Å². The van der Waals surface area contributed by atoms with Gasteiger partial charge in [-0.25, -0.2) is 0 Å². The van der Waals surface area contributed by atoms with Crippen molar-refractivity contribution in [1.82, 2.24) is 0 Å². The quantitative estimate of drug-likeness (QED) is 0.417. The first-order chi connectivity index (χ1) is 11.5. The van der Waals surface area contributed by atoms with Gasteiger partial charge in [-0.1, -0.05) is 25.5 Å². The lowest BCUT2D eigenvalue weighted by Gasteiger charge is -2.29. The second-order valence-electron chi connectivity index (χ2n) is 5.34. The van der Waals surface area contributed by atoms with Crippen LogP contribution in [0.3, 0.4) is 0 Å². The van der Waals surface area contributed by atoms with Gasteiger partial charge >= 0.3 is 0 Å². The summed E-state index contributed by atoms with van der Waals surface area (Å²) in [6.45, 7) is 1.96. The number of carbonyl (C=O) groups is 1. The molecule has 0 unspecified atom stereocenters. The Kier molecular flexibility index (Phi) is 5.52. The number of benzene rings is 2. The van der Waals surface area contributed by atoms with Gasteiger partial charge in [-0.15, -0.1) is 0 Å². The molecule has 0 saturated heterocycles. The van der Waals surface area contributed by atoms with E-state index in [4.69, 9.17) is 9.47 Å². The average molecular weight is 329 g/mol. The first-order valence-corrected chi connectivity index (χ1v) is 7.59. The van der Waals surface area contributed by atoms with Gasteiger partial charge < -0.3 is 9.47 Å². The SMILES string of the molecule is CCC[C@@](C=O)(Oc1ccc([N+](=O)[O-])cc1)c1ccc(OC)cc1. The van der Waals surface area contributed by atoms with Crippen molar-refractivity contribution in [3.63, 3.8) is 0 Å². The molecule has 6 heteroatoms. The zero-order valence-electron chi connectivity index (χ0n) is 13.6. The Balaban J connectivity index is 2.35. The van der Waals surface area contributed by atoms with Gasteiger partial charge in [0.2, 0.25) is 0 Å². The number of nitro benzene ring substituents is 1.